The second-order valence-corrected chi connectivity index (χ2v) is 4.62. The number of nitrogens with zero attached hydrogens (tertiary/aromatic N) is 4. The third-order valence-electron chi connectivity index (χ3n) is 2.45. The molecule has 0 saturated carbocycles. The molecule has 9 heteroatoms. The number of amides is 1. The molecule has 1 aromatic carbocycles. The third-order valence-corrected chi connectivity index (χ3v) is 3.32. The summed E-state index contributed by atoms with van der Waals surface area (Å²) in [6, 6.07) is 6.81. The number of anilines is 1. The van der Waals surface area contributed by atoms with E-state index in [2.05, 4.69) is 30.9 Å². The van der Waals surface area contributed by atoms with Crippen LogP contribution in [-0.4, -0.2) is 36.6 Å². The second-order valence-electron chi connectivity index (χ2n) is 3.76. The average Bonchev–Trinajstić information content (AvgIpc) is 3.10. The first-order valence-electron chi connectivity index (χ1n) is 5.53. The monoisotopic (exact) mass is 288 g/mol. The van der Waals surface area contributed by atoms with Gasteiger partial charge in [0, 0.05) is 5.38 Å². The summed E-state index contributed by atoms with van der Waals surface area (Å²) in [5.41, 5.74) is 0.808. The molecule has 0 spiro atoms. The van der Waals surface area contributed by atoms with Gasteiger partial charge in [0.1, 0.15) is 16.5 Å². The van der Waals surface area contributed by atoms with Crippen molar-refractivity contribution in [1.82, 2.24) is 25.6 Å². The topological polar surface area (TPSA) is 117 Å². The fourth-order valence-electron chi connectivity index (χ4n) is 1.54. The smallest absolute Gasteiger partial charge is 0.277 e. The van der Waals surface area contributed by atoms with Gasteiger partial charge in [-0.3, -0.25) is 10.1 Å². The Bertz CT molecular complexity index is 739. The highest BCUT2D eigenvalue weighted by Crippen LogP contribution is 2.31. The number of H-pyrrole nitrogens is 1. The number of benzene rings is 1. The Balaban J connectivity index is 1.83. The molecule has 0 aliphatic carbocycles. The summed E-state index contributed by atoms with van der Waals surface area (Å²) < 4.78 is 0. The number of thiazole rings is 1. The largest absolute Gasteiger partial charge is 0.507 e. The predicted molar refractivity (Wildman–Crippen MR) is 71.3 cm³/mol. The number of hydrogen-bond donors (Lipinski definition) is 3. The molecule has 0 bridgehead atoms. The maximum atomic E-state index is 11.9. The summed E-state index contributed by atoms with van der Waals surface area (Å²) in [4.78, 5) is 16.1. The van der Waals surface area contributed by atoms with Crippen molar-refractivity contribution in [3.8, 4) is 16.3 Å². The standard InChI is InChI=1S/C11H8N6O2S/c18-8-4-2-1-3-6(8)10-12-7(5-20-10)9(19)13-11-14-16-17-15-11/h1-5,18H,(H2,13,14,15,16,17,19). The predicted octanol–water partition coefficient (Wildman–Crippen LogP) is 1.28. The van der Waals surface area contributed by atoms with E-state index in [0.29, 0.717) is 10.6 Å². The molecule has 3 aromatic rings. The van der Waals surface area contributed by atoms with Crippen molar-refractivity contribution in [2.24, 2.45) is 0 Å². The first kappa shape index (κ1) is 12.2. The Morgan fingerprint density at radius 2 is 2.20 bits per heavy atom. The first-order chi connectivity index (χ1) is 9.74. The zero-order valence-electron chi connectivity index (χ0n) is 9.94. The van der Waals surface area contributed by atoms with E-state index in [1.165, 1.54) is 11.3 Å². The molecule has 0 aliphatic heterocycles. The second kappa shape index (κ2) is 5.05. The van der Waals surface area contributed by atoms with Crippen LogP contribution in [0.3, 0.4) is 0 Å². The van der Waals surface area contributed by atoms with Gasteiger partial charge in [-0.15, -0.1) is 11.3 Å². The van der Waals surface area contributed by atoms with Gasteiger partial charge in [0.05, 0.1) is 5.56 Å². The van der Waals surface area contributed by atoms with Gasteiger partial charge in [0.15, 0.2) is 0 Å². The maximum absolute atomic E-state index is 11.9. The van der Waals surface area contributed by atoms with Gasteiger partial charge in [0.25, 0.3) is 5.91 Å². The highest BCUT2D eigenvalue weighted by molar-refractivity contribution is 7.13. The number of tetrazole rings is 1. The van der Waals surface area contributed by atoms with Crippen LogP contribution in [0.15, 0.2) is 29.6 Å². The lowest BCUT2D eigenvalue weighted by molar-refractivity contribution is 0.102. The van der Waals surface area contributed by atoms with Crippen LogP contribution in [0.2, 0.25) is 0 Å². The Kier molecular flexibility index (Phi) is 3.09. The molecule has 8 nitrogen and oxygen atoms in total. The van der Waals surface area contributed by atoms with Crippen molar-refractivity contribution >= 4 is 23.2 Å². The number of aromatic amines is 1. The van der Waals surface area contributed by atoms with Crippen LogP contribution in [0.25, 0.3) is 10.6 Å². The molecule has 0 radical (unpaired) electrons. The molecule has 0 aliphatic rings. The van der Waals surface area contributed by atoms with Crippen LogP contribution in [0.1, 0.15) is 10.5 Å². The van der Waals surface area contributed by atoms with Crippen LogP contribution in [0.4, 0.5) is 5.95 Å². The summed E-state index contributed by atoms with van der Waals surface area (Å²) in [6.45, 7) is 0. The maximum Gasteiger partial charge on any atom is 0.277 e. The summed E-state index contributed by atoms with van der Waals surface area (Å²) in [5, 5.41) is 27.0. The van der Waals surface area contributed by atoms with Crippen LogP contribution >= 0.6 is 11.3 Å². The lowest BCUT2D eigenvalue weighted by atomic mass is 10.2. The van der Waals surface area contributed by atoms with E-state index in [1.54, 1.807) is 29.6 Å². The van der Waals surface area contributed by atoms with Gasteiger partial charge in [0.2, 0.25) is 5.95 Å². The minimum Gasteiger partial charge on any atom is -0.507 e. The molecular formula is C11H8N6O2S. The third kappa shape index (κ3) is 2.34. The highest BCUT2D eigenvalue weighted by Gasteiger charge is 2.14. The number of hydrogen-bond acceptors (Lipinski definition) is 7. The summed E-state index contributed by atoms with van der Waals surface area (Å²) in [7, 11) is 0. The zero-order valence-corrected chi connectivity index (χ0v) is 10.8. The van der Waals surface area contributed by atoms with E-state index in [1.807, 2.05) is 0 Å². The minimum absolute atomic E-state index is 0.119. The lowest BCUT2D eigenvalue weighted by Gasteiger charge is -1.99. The number of nitrogens with one attached hydrogen (secondary N) is 2. The van der Waals surface area contributed by atoms with Gasteiger partial charge in [-0.25, -0.2) is 10.1 Å². The van der Waals surface area contributed by atoms with E-state index in [0.717, 1.165) is 0 Å². The molecular weight excluding hydrogens is 280 g/mol. The SMILES string of the molecule is O=C(Nc1nnn[nH]1)c1csc(-c2ccccc2O)n1. The van der Waals surface area contributed by atoms with Crippen molar-refractivity contribution in [1.29, 1.82) is 0 Å². The van der Waals surface area contributed by atoms with Crippen molar-refractivity contribution in [2.75, 3.05) is 5.32 Å². The van der Waals surface area contributed by atoms with Gasteiger partial charge < -0.3 is 5.11 Å². The number of carbonyl (C=O) groups excluding carboxylic acids is 1. The summed E-state index contributed by atoms with van der Waals surface area (Å²) >= 11 is 1.26. The number of rotatable bonds is 3. The van der Waals surface area contributed by atoms with Crippen LogP contribution < -0.4 is 5.32 Å². The van der Waals surface area contributed by atoms with Crippen molar-refractivity contribution in [3.05, 3.63) is 35.3 Å². The quantitative estimate of drug-likeness (QED) is 0.668. The molecule has 2 aromatic heterocycles. The number of phenols is 1. The minimum atomic E-state index is -0.429. The molecule has 100 valence electrons. The summed E-state index contributed by atoms with van der Waals surface area (Å²) in [5.74, 6) is -0.165. The van der Waals surface area contributed by atoms with E-state index in [9.17, 15) is 9.90 Å². The lowest BCUT2D eigenvalue weighted by Crippen LogP contribution is -2.13. The van der Waals surface area contributed by atoms with E-state index >= 15 is 0 Å². The number of aromatic nitrogens is 5. The molecule has 0 unspecified atom stereocenters. The highest BCUT2D eigenvalue weighted by atomic mass is 32.1. The van der Waals surface area contributed by atoms with Crippen molar-refractivity contribution in [2.45, 2.75) is 0 Å². The Morgan fingerprint density at radius 3 is 2.95 bits per heavy atom. The van der Waals surface area contributed by atoms with Gasteiger partial charge >= 0.3 is 0 Å². The number of aromatic hydroxyl groups is 1. The number of carbonyl (C=O) groups is 1. The average molecular weight is 288 g/mol. The number of para-hydroxylation sites is 1. The number of phenolic OH excluding ortho intramolecular Hbond substituents is 1. The van der Waals surface area contributed by atoms with Crippen molar-refractivity contribution < 1.29 is 9.90 Å². The molecule has 3 N–H and O–H groups in total. The molecule has 20 heavy (non-hydrogen) atoms. The molecule has 1 amide bonds. The Hall–Kier alpha value is -2.81. The fraction of sp³-hybridized carbons (Fsp3) is 0. The van der Waals surface area contributed by atoms with Gasteiger partial charge in [-0.1, -0.05) is 17.2 Å². The van der Waals surface area contributed by atoms with Crippen LogP contribution in [-0.2, 0) is 0 Å². The summed E-state index contributed by atoms with van der Waals surface area (Å²) in [6.07, 6.45) is 0. The fourth-order valence-corrected chi connectivity index (χ4v) is 2.37. The Morgan fingerprint density at radius 1 is 1.35 bits per heavy atom. The molecule has 2 heterocycles. The Labute approximate surface area is 116 Å². The normalized spacial score (nSPS) is 10.4. The van der Waals surface area contributed by atoms with E-state index in [4.69, 9.17) is 0 Å². The van der Waals surface area contributed by atoms with Crippen LogP contribution in [0.5, 0.6) is 5.75 Å². The van der Waals surface area contributed by atoms with Crippen LogP contribution in [0, 0.1) is 0 Å². The van der Waals surface area contributed by atoms with E-state index in [-0.39, 0.29) is 17.4 Å². The van der Waals surface area contributed by atoms with Crippen molar-refractivity contribution in [3.63, 3.8) is 0 Å². The molecule has 3 rings (SSSR count). The molecule has 0 saturated heterocycles. The molecule has 0 fully saturated rings. The first-order valence-corrected chi connectivity index (χ1v) is 6.41. The van der Waals surface area contributed by atoms with E-state index < -0.39 is 5.91 Å². The zero-order chi connectivity index (χ0) is 13.9. The van der Waals surface area contributed by atoms with Gasteiger partial charge in [-0.05, 0) is 22.6 Å². The molecule has 0 atom stereocenters. The van der Waals surface area contributed by atoms with Gasteiger partial charge in [-0.2, -0.15) is 0 Å².